The molecule has 14 heavy (non-hydrogen) atoms. The Morgan fingerprint density at radius 3 is 2.43 bits per heavy atom. The minimum atomic E-state index is 0.315. The van der Waals surface area contributed by atoms with E-state index in [4.69, 9.17) is 5.26 Å². The molecule has 80 valence electrons. The van der Waals surface area contributed by atoms with Crippen molar-refractivity contribution in [3.63, 3.8) is 0 Å². The Labute approximate surface area is 92.3 Å². The molecule has 0 N–H and O–H groups in total. The second kappa shape index (κ2) is 5.66. The molecule has 0 spiro atoms. The number of nitrogens with zero attached hydrogens (tertiary/aromatic N) is 1. The van der Waals surface area contributed by atoms with Gasteiger partial charge in [0.1, 0.15) is 0 Å². The van der Waals surface area contributed by atoms with Gasteiger partial charge in [0.2, 0.25) is 0 Å². The molecule has 1 saturated carbocycles. The lowest BCUT2D eigenvalue weighted by Crippen LogP contribution is -2.24. The van der Waals surface area contributed by atoms with Crippen molar-refractivity contribution in [2.45, 2.75) is 57.0 Å². The molecule has 3 unspecified atom stereocenters. The van der Waals surface area contributed by atoms with Gasteiger partial charge in [0.25, 0.3) is 0 Å². The molecule has 3 atom stereocenters. The molecule has 0 bridgehead atoms. The summed E-state index contributed by atoms with van der Waals surface area (Å²) in [6.07, 6.45) is 4.95. The van der Waals surface area contributed by atoms with Crippen LogP contribution in [0.3, 0.4) is 0 Å². The van der Waals surface area contributed by atoms with Crippen LogP contribution in [0.1, 0.15) is 46.5 Å². The summed E-state index contributed by atoms with van der Waals surface area (Å²) in [5, 5.41) is 10.3. The van der Waals surface area contributed by atoms with Crippen LogP contribution in [0.25, 0.3) is 0 Å². The van der Waals surface area contributed by atoms with Crippen LogP contribution >= 0.6 is 11.8 Å². The summed E-state index contributed by atoms with van der Waals surface area (Å²) in [6, 6.07) is 2.48. The Hall–Kier alpha value is -0.160. The number of rotatable bonds is 3. The summed E-state index contributed by atoms with van der Waals surface area (Å²) < 4.78 is 0. The van der Waals surface area contributed by atoms with Crippen molar-refractivity contribution in [3.05, 3.63) is 0 Å². The van der Waals surface area contributed by atoms with Gasteiger partial charge in [-0.3, -0.25) is 0 Å². The molecule has 1 aliphatic rings. The maximum atomic E-state index is 9.05. The van der Waals surface area contributed by atoms with E-state index in [0.29, 0.717) is 16.4 Å². The quantitative estimate of drug-likeness (QED) is 0.708. The fourth-order valence-corrected chi connectivity index (χ4v) is 3.40. The number of thioether (sulfide) groups is 1. The predicted octanol–water partition coefficient (Wildman–Crippen LogP) is 3.85. The highest BCUT2D eigenvalue weighted by atomic mass is 32.2. The van der Waals surface area contributed by atoms with Crippen LogP contribution in [0.2, 0.25) is 0 Å². The molecule has 0 aliphatic heterocycles. The van der Waals surface area contributed by atoms with Crippen LogP contribution in [0, 0.1) is 23.2 Å². The van der Waals surface area contributed by atoms with Gasteiger partial charge in [0.05, 0.1) is 12.0 Å². The zero-order valence-electron chi connectivity index (χ0n) is 9.49. The largest absolute Gasteiger partial charge is 0.198 e. The molecule has 0 heterocycles. The van der Waals surface area contributed by atoms with E-state index in [1.807, 2.05) is 11.8 Å². The molecule has 0 amide bonds. The third-order valence-corrected chi connectivity index (χ3v) is 5.08. The van der Waals surface area contributed by atoms with Gasteiger partial charge in [-0.05, 0) is 18.8 Å². The zero-order valence-corrected chi connectivity index (χ0v) is 10.3. The summed E-state index contributed by atoms with van der Waals surface area (Å²) in [5.41, 5.74) is 0. The first-order valence-electron chi connectivity index (χ1n) is 5.70. The zero-order chi connectivity index (χ0) is 10.6. The van der Waals surface area contributed by atoms with Crippen LogP contribution < -0.4 is 0 Å². The van der Waals surface area contributed by atoms with Crippen molar-refractivity contribution in [2.24, 2.45) is 11.8 Å². The van der Waals surface area contributed by atoms with Crippen LogP contribution in [-0.2, 0) is 0 Å². The average molecular weight is 211 g/mol. The highest BCUT2D eigenvalue weighted by Crippen LogP contribution is 2.36. The van der Waals surface area contributed by atoms with E-state index in [0.717, 1.165) is 12.3 Å². The van der Waals surface area contributed by atoms with Crippen molar-refractivity contribution >= 4 is 11.8 Å². The normalized spacial score (nSPS) is 29.9. The van der Waals surface area contributed by atoms with E-state index in [-0.39, 0.29) is 0 Å². The summed E-state index contributed by atoms with van der Waals surface area (Å²) in [6.45, 7) is 6.82. The first-order chi connectivity index (χ1) is 6.65. The lowest BCUT2D eigenvalue weighted by Gasteiger charge is -2.29. The lowest BCUT2D eigenvalue weighted by molar-refractivity contribution is 0.437. The van der Waals surface area contributed by atoms with Gasteiger partial charge in [-0.1, -0.05) is 33.6 Å². The Morgan fingerprint density at radius 2 is 1.86 bits per heavy atom. The molecule has 0 aromatic rings. The van der Waals surface area contributed by atoms with Crippen LogP contribution in [0.15, 0.2) is 0 Å². The monoisotopic (exact) mass is 211 g/mol. The van der Waals surface area contributed by atoms with E-state index >= 15 is 0 Å². The van der Waals surface area contributed by atoms with E-state index < -0.39 is 0 Å². The molecular formula is C12H21NS. The van der Waals surface area contributed by atoms with Crippen LogP contribution in [0.4, 0.5) is 0 Å². The highest BCUT2D eigenvalue weighted by Gasteiger charge is 2.27. The van der Waals surface area contributed by atoms with Gasteiger partial charge in [-0.15, -0.1) is 0 Å². The third kappa shape index (κ3) is 3.20. The molecule has 1 rings (SSSR count). The molecule has 0 aromatic carbocycles. The molecule has 0 saturated heterocycles. The molecule has 0 radical (unpaired) electrons. The van der Waals surface area contributed by atoms with E-state index in [1.54, 1.807) is 0 Å². The van der Waals surface area contributed by atoms with Crippen molar-refractivity contribution in [3.8, 4) is 6.07 Å². The maximum Gasteiger partial charge on any atom is 0.0667 e. The summed E-state index contributed by atoms with van der Waals surface area (Å²) in [7, 11) is 0. The van der Waals surface area contributed by atoms with Crippen LogP contribution in [-0.4, -0.2) is 10.5 Å². The van der Waals surface area contributed by atoms with Crippen molar-refractivity contribution in [1.82, 2.24) is 0 Å². The minimum Gasteiger partial charge on any atom is -0.198 e. The summed E-state index contributed by atoms with van der Waals surface area (Å²) in [4.78, 5) is 0. The Kier molecular flexibility index (Phi) is 4.81. The van der Waals surface area contributed by atoms with Gasteiger partial charge in [-0.2, -0.15) is 17.0 Å². The number of nitriles is 1. The van der Waals surface area contributed by atoms with Crippen molar-refractivity contribution in [2.75, 3.05) is 0 Å². The van der Waals surface area contributed by atoms with Gasteiger partial charge < -0.3 is 0 Å². The first kappa shape index (κ1) is 11.9. The Bertz CT molecular complexity index is 207. The fourth-order valence-electron chi connectivity index (χ4n) is 1.84. The number of hydrogen-bond donors (Lipinski definition) is 0. The van der Waals surface area contributed by atoms with E-state index in [2.05, 4.69) is 26.8 Å². The van der Waals surface area contributed by atoms with Gasteiger partial charge in [0, 0.05) is 10.5 Å². The fraction of sp³-hybridized carbons (Fsp3) is 0.917. The minimum absolute atomic E-state index is 0.315. The standard InChI is InChI=1S/C12H21NS/c1-9(2)10(3)14-12-7-5-4-6-11(12)8-13/h9-12H,4-7H2,1-3H3. The van der Waals surface area contributed by atoms with Gasteiger partial charge >= 0.3 is 0 Å². The smallest absolute Gasteiger partial charge is 0.0667 e. The van der Waals surface area contributed by atoms with Gasteiger partial charge in [-0.25, -0.2) is 0 Å². The lowest BCUT2D eigenvalue weighted by atomic mass is 9.90. The average Bonchev–Trinajstić information content (AvgIpc) is 2.18. The van der Waals surface area contributed by atoms with E-state index in [9.17, 15) is 0 Å². The van der Waals surface area contributed by atoms with E-state index in [1.165, 1.54) is 19.3 Å². The molecule has 1 nitrogen and oxygen atoms in total. The molecule has 1 fully saturated rings. The molecule has 1 aliphatic carbocycles. The predicted molar refractivity (Wildman–Crippen MR) is 63.3 cm³/mol. The second-order valence-corrected chi connectivity index (χ2v) is 6.26. The molecule has 0 aromatic heterocycles. The SMILES string of the molecule is CC(C)C(C)SC1CCCCC1C#N. The molecular weight excluding hydrogens is 190 g/mol. The second-order valence-electron chi connectivity index (χ2n) is 4.64. The third-order valence-electron chi connectivity index (χ3n) is 3.20. The summed E-state index contributed by atoms with van der Waals surface area (Å²) in [5.74, 6) is 1.04. The van der Waals surface area contributed by atoms with Gasteiger partial charge in [0.15, 0.2) is 0 Å². The molecule has 2 heteroatoms. The van der Waals surface area contributed by atoms with Crippen molar-refractivity contribution in [1.29, 1.82) is 5.26 Å². The highest BCUT2D eigenvalue weighted by molar-refractivity contribution is 8.00. The Balaban J connectivity index is 2.45. The van der Waals surface area contributed by atoms with Crippen molar-refractivity contribution < 1.29 is 0 Å². The summed E-state index contributed by atoms with van der Waals surface area (Å²) >= 11 is 2.04. The first-order valence-corrected chi connectivity index (χ1v) is 6.64. The topological polar surface area (TPSA) is 23.8 Å². The number of hydrogen-bond acceptors (Lipinski definition) is 2. The van der Waals surface area contributed by atoms with Crippen LogP contribution in [0.5, 0.6) is 0 Å². The maximum absolute atomic E-state index is 9.05. The Morgan fingerprint density at radius 1 is 1.21 bits per heavy atom.